The maximum atomic E-state index is 11.2. The van der Waals surface area contributed by atoms with Crippen molar-refractivity contribution in [3.63, 3.8) is 0 Å². The minimum Gasteiger partial charge on any atom is -0.497 e. The summed E-state index contributed by atoms with van der Waals surface area (Å²) in [7, 11) is 1.61. The van der Waals surface area contributed by atoms with Gasteiger partial charge in [-0.1, -0.05) is 18.2 Å². The number of ether oxygens (including phenoxy) is 2. The van der Waals surface area contributed by atoms with E-state index in [0.717, 1.165) is 11.3 Å². The van der Waals surface area contributed by atoms with Gasteiger partial charge in [0.15, 0.2) is 0 Å². The smallest absolute Gasteiger partial charge is 0.313 e. The van der Waals surface area contributed by atoms with Gasteiger partial charge in [-0.05, 0) is 23.8 Å². The van der Waals surface area contributed by atoms with E-state index in [2.05, 4.69) is 0 Å². The van der Waals surface area contributed by atoms with Crippen LogP contribution < -0.4 is 4.74 Å². The van der Waals surface area contributed by atoms with Gasteiger partial charge in [0.25, 0.3) is 0 Å². The molecule has 4 nitrogen and oxygen atoms in total. The van der Waals surface area contributed by atoms with Gasteiger partial charge in [0.2, 0.25) is 0 Å². The number of ketones is 1. The van der Waals surface area contributed by atoms with Crippen LogP contribution in [0.3, 0.4) is 0 Å². The zero-order valence-electron chi connectivity index (χ0n) is 10.1. The van der Waals surface area contributed by atoms with Crippen LogP contribution in [0.2, 0.25) is 0 Å². The topological polar surface area (TPSA) is 52.6 Å². The third-order valence-electron chi connectivity index (χ3n) is 2.67. The molecule has 0 aliphatic carbocycles. The Morgan fingerprint density at radius 2 is 2.00 bits per heavy atom. The molecule has 94 valence electrons. The van der Waals surface area contributed by atoms with Crippen LogP contribution in [0, 0.1) is 0 Å². The van der Waals surface area contributed by atoms with Crippen LogP contribution >= 0.6 is 0 Å². The van der Waals surface area contributed by atoms with Crippen LogP contribution in [-0.2, 0) is 14.3 Å². The van der Waals surface area contributed by atoms with Crippen molar-refractivity contribution < 1.29 is 19.1 Å². The standard InChI is InChI=1S/C14H14O4/c1-17-12-5-2-10(3-6-12)4-7-13-8-11(15)9-14(16)18-13/h2-7,13H,8-9H2,1H3/b7-4+. The van der Waals surface area contributed by atoms with Crippen LogP contribution in [0.1, 0.15) is 18.4 Å². The fourth-order valence-electron chi connectivity index (χ4n) is 1.75. The molecule has 1 unspecified atom stereocenters. The predicted octanol–water partition coefficient (Wildman–Crippen LogP) is 1.98. The molecule has 1 aliphatic heterocycles. The molecule has 1 heterocycles. The zero-order valence-corrected chi connectivity index (χ0v) is 10.1. The van der Waals surface area contributed by atoms with Gasteiger partial charge in [-0.25, -0.2) is 0 Å². The molecular weight excluding hydrogens is 232 g/mol. The van der Waals surface area contributed by atoms with E-state index in [4.69, 9.17) is 9.47 Å². The number of benzene rings is 1. The first-order chi connectivity index (χ1) is 8.67. The molecular formula is C14H14O4. The zero-order chi connectivity index (χ0) is 13.0. The molecule has 0 spiro atoms. The highest BCUT2D eigenvalue weighted by atomic mass is 16.5. The first kappa shape index (κ1) is 12.4. The number of hydrogen-bond donors (Lipinski definition) is 0. The van der Waals surface area contributed by atoms with Crippen LogP contribution in [-0.4, -0.2) is 25.0 Å². The fourth-order valence-corrected chi connectivity index (χ4v) is 1.75. The Bertz CT molecular complexity index is 457. The minimum atomic E-state index is -0.448. The Morgan fingerprint density at radius 3 is 2.61 bits per heavy atom. The molecule has 1 aromatic rings. The average Bonchev–Trinajstić information content (AvgIpc) is 2.36. The molecule has 0 radical (unpaired) electrons. The fraction of sp³-hybridized carbons (Fsp3) is 0.286. The van der Waals surface area contributed by atoms with Gasteiger partial charge in [-0.15, -0.1) is 0 Å². The van der Waals surface area contributed by atoms with Crippen molar-refractivity contribution in [3.05, 3.63) is 35.9 Å². The molecule has 2 rings (SSSR count). The number of hydrogen-bond acceptors (Lipinski definition) is 4. The molecule has 1 aromatic carbocycles. The number of cyclic esters (lactones) is 1. The predicted molar refractivity (Wildman–Crippen MR) is 66.1 cm³/mol. The highest BCUT2D eigenvalue weighted by Gasteiger charge is 2.24. The van der Waals surface area contributed by atoms with Gasteiger partial charge < -0.3 is 9.47 Å². The molecule has 0 N–H and O–H groups in total. The number of esters is 1. The van der Waals surface area contributed by atoms with E-state index in [1.54, 1.807) is 13.2 Å². The highest BCUT2D eigenvalue weighted by molar-refractivity contribution is 5.98. The van der Waals surface area contributed by atoms with E-state index in [9.17, 15) is 9.59 Å². The van der Waals surface area contributed by atoms with Crippen molar-refractivity contribution in [1.82, 2.24) is 0 Å². The lowest BCUT2D eigenvalue weighted by atomic mass is 10.1. The first-order valence-electron chi connectivity index (χ1n) is 5.71. The summed E-state index contributed by atoms with van der Waals surface area (Å²) in [5.74, 6) is 0.262. The van der Waals surface area contributed by atoms with Crippen LogP contribution in [0.15, 0.2) is 30.3 Å². The monoisotopic (exact) mass is 246 g/mol. The summed E-state index contributed by atoms with van der Waals surface area (Å²) >= 11 is 0. The molecule has 4 heteroatoms. The molecule has 1 aliphatic rings. The maximum absolute atomic E-state index is 11.2. The normalized spacial score (nSPS) is 19.9. The van der Waals surface area contributed by atoms with Crippen molar-refractivity contribution in [3.8, 4) is 5.75 Å². The van der Waals surface area contributed by atoms with E-state index in [1.807, 2.05) is 30.3 Å². The Morgan fingerprint density at radius 1 is 1.28 bits per heavy atom. The summed E-state index contributed by atoms with van der Waals surface area (Å²) in [6.07, 6.45) is 3.28. The van der Waals surface area contributed by atoms with Crippen molar-refractivity contribution in [2.45, 2.75) is 18.9 Å². The Kier molecular flexibility index (Phi) is 3.77. The SMILES string of the molecule is COc1ccc(/C=C/C2CC(=O)CC(=O)O2)cc1. The Labute approximate surface area is 105 Å². The van der Waals surface area contributed by atoms with E-state index < -0.39 is 12.1 Å². The van der Waals surface area contributed by atoms with Crippen molar-refractivity contribution in [1.29, 1.82) is 0 Å². The van der Waals surface area contributed by atoms with Crippen LogP contribution in [0.4, 0.5) is 0 Å². The van der Waals surface area contributed by atoms with E-state index >= 15 is 0 Å². The van der Waals surface area contributed by atoms with Crippen molar-refractivity contribution in [2.24, 2.45) is 0 Å². The number of Topliss-reactive ketones (excluding diaryl/α,β-unsaturated/α-hetero) is 1. The van der Waals surface area contributed by atoms with E-state index in [1.165, 1.54) is 0 Å². The summed E-state index contributed by atoms with van der Waals surface area (Å²) in [4.78, 5) is 22.3. The lowest BCUT2D eigenvalue weighted by molar-refractivity contribution is -0.154. The van der Waals surface area contributed by atoms with Gasteiger partial charge in [0.1, 0.15) is 24.1 Å². The Balaban J connectivity index is 2.01. The third kappa shape index (κ3) is 3.20. The van der Waals surface area contributed by atoms with Gasteiger partial charge in [-0.3, -0.25) is 9.59 Å². The van der Waals surface area contributed by atoms with Crippen molar-refractivity contribution >= 4 is 17.8 Å². The summed E-state index contributed by atoms with van der Waals surface area (Å²) < 4.78 is 10.1. The van der Waals surface area contributed by atoms with Gasteiger partial charge in [-0.2, -0.15) is 0 Å². The van der Waals surface area contributed by atoms with E-state index in [-0.39, 0.29) is 18.6 Å². The van der Waals surface area contributed by atoms with Gasteiger partial charge >= 0.3 is 5.97 Å². The van der Waals surface area contributed by atoms with E-state index in [0.29, 0.717) is 0 Å². The molecule has 18 heavy (non-hydrogen) atoms. The number of carbonyl (C=O) groups is 2. The van der Waals surface area contributed by atoms with Gasteiger partial charge in [0, 0.05) is 6.42 Å². The number of rotatable bonds is 3. The third-order valence-corrected chi connectivity index (χ3v) is 2.67. The van der Waals surface area contributed by atoms with Crippen molar-refractivity contribution in [2.75, 3.05) is 7.11 Å². The largest absolute Gasteiger partial charge is 0.497 e. The molecule has 1 saturated heterocycles. The minimum absolute atomic E-state index is 0.0735. The first-order valence-corrected chi connectivity index (χ1v) is 5.71. The molecule has 0 saturated carbocycles. The lowest BCUT2D eigenvalue weighted by Crippen LogP contribution is -2.28. The molecule has 0 bridgehead atoms. The van der Waals surface area contributed by atoms with Crippen LogP contribution in [0.5, 0.6) is 5.75 Å². The molecule has 1 fully saturated rings. The number of carbonyl (C=O) groups excluding carboxylic acids is 2. The average molecular weight is 246 g/mol. The maximum Gasteiger partial charge on any atom is 0.313 e. The summed E-state index contributed by atoms with van der Waals surface area (Å²) in [5, 5.41) is 0. The second-order valence-electron chi connectivity index (χ2n) is 4.08. The van der Waals surface area contributed by atoms with Gasteiger partial charge in [0.05, 0.1) is 7.11 Å². The second kappa shape index (κ2) is 5.49. The quantitative estimate of drug-likeness (QED) is 0.604. The lowest BCUT2D eigenvalue weighted by Gasteiger charge is -2.18. The summed E-state index contributed by atoms with van der Waals surface area (Å²) in [6.45, 7) is 0. The number of methoxy groups -OCH3 is 1. The second-order valence-corrected chi connectivity index (χ2v) is 4.08. The molecule has 0 amide bonds. The molecule has 0 aromatic heterocycles. The molecule has 1 atom stereocenters. The summed E-state index contributed by atoms with van der Waals surface area (Å²) in [5.41, 5.74) is 0.963. The van der Waals surface area contributed by atoms with Crippen LogP contribution in [0.25, 0.3) is 6.08 Å². The highest BCUT2D eigenvalue weighted by Crippen LogP contribution is 2.16. The Hall–Kier alpha value is -2.10. The summed E-state index contributed by atoms with van der Waals surface area (Å²) in [6, 6.07) is 7.47.